The molecule has 2 aliphatic rings. The second-order valence-electron chi connectivity index (χ2n) is 6.93. The van der Waals surface area contributed by atoms with Crippen molar-refractivity contribution >= 4 is 0 Å². The molecule has 1 N–H and O–H groups in total. The Labute approximate surface area is 113 Å². The van der Waals surface area contributed by atoms with Crippen LogP contribution in [0, 0.1) is 23.7 Å². The molecule has 2 rings (SSSR count). The van der Waals surface area contributed by atoms with Crippen LogP contribution in [0.3, 0.4) is 0 Å². The normalized spacial score (nSPS) is 34.8. The second-order valence-corrected chi connectivity index (χ2v) is 6.93. The van der Waals surface area contributed by atoms with Crippen molar-refractivity contribution in [2.45, 2.75) is 65.0 Å². The highest BCUT2D eigenvalue weighted by Crippen LogP contribution is 2.37. The predicted molar refractivity (Wildman–Crippen MR) is 76.7 cm³/mol. The summed E-state index contributed by atoms with van der Waals surface area (Å²) in [5.74, 6) is 3.27. The lowest BCUT2D eigenvalue weighted by Crippen LogP contribution is -2.39. The molecule has 4 unspecified atom stereocenters. The van der Waals surface area contributed by atoms with E-state index in [0.717, 1.165) is 30.3 Å². The Morgan fingerprint density at radius 1 is 1.17 bits per heavy atom. The van der Waals surface area contributed by atoms with Crippen molar-refractivity contribution in [1.29, 1.82) is 0 Å². The maximum Gasteiger partial charge on any atom is 0.0626 e. The standard InChI is InChI=1S/C16H31NO/c1-11(2)14-8-5-12(3)9-16(14)18-10-15(17-4)13-6-7-13/h11-17H,5-10H2,1-4H3. The summed E-state index contributed by atoms with van der Waals surface area (Å²) in [4.78, 5) is 0. The summed E-state index contributed by atoms with van der Waals surface area (Å²) in [6.45, 7) is 8.01. The van der Waals surface area contributed by atoms with Crippen LogP contribution >= 0.6 is 0 Å². The number of ether oxygens (including phenoxy) is 1. The van der Waals surface area contributed by atoms with Gasteiger partial charge in [-0.05, 0) is 56.4 Å². The van der Waals surface area contributed by atoms with E-state index in [1.807, 2.05) is 0 Å². The van der Waals surface area contributed by atoms with Crippen LogP contribution in [-0.2, 0) is 4.74 Å². The third-order valence-corrected chi connectivity index (χ3v) is 5.01. The van der Waals surface area contributed by atoms with Crippen molar-refractivity contribution in [3.8, 4) is 0 Å². The molecular formula is C16H31NO. The monoisotopic (exact) mass is 253 g/mol. The zero-order valence-electron chi connectivity index (χ0n) is 12.6. The molecule has 2 saturated carbocycles. The minimum Gasteiger partial charge on any atom is -0.376 e. The van der Waals surface area contributed by atoms with E-state index in [1.54, 1.807) is 0 Å². The fraction of sp³-hybridized carbons (Fsp3) is 1.00. The zero-order chi connectivity index (χ0) is 13.1. The van der Waals surface area contributed by atoms with Gasteiger partial charge >= 0.3 is 0 Å². The van der Waals surface area contributed by atoms with Gasteiger partial charge in [-0.1, -0.05) is 27.2 Å². The molecule has 0 aliphatic heterocycles. The summed E-state index contributed by atoms with van der Waals surface area (Å²) in [7, 11) is 2.08. The topological polar surface area (TPSA) is 21.3 Å². The summed E-state index contributed by atoms with van der Waals surface area (Å²) in [5.41, 5.74) is 0. The van der Waals surface area contributed by atoms with Gasteiger partial charge in [-0.15, -0.1) is 0 Å². The maximum atomic E-state index is 6.32. The molecule has 4 atom stereocenters. The first-order valence-corrected chi connectivity index (χ1v) is 7.90. The third-order valence-electron chi connectivity index (χ3n) is 5.01. The van der Waals surface area contributed by atoms with Crippen molar-refractivity contribution in [3.63, 3.8) is 0 Å². The Morgan fingerprint density at radius 3 is 2.44 bits per heavy atom. The molecule has 2 nitrogen and oxygen atoms in total. The first-order chi connectivity index (χ1) is 8.61. The van der Waals surface area contributed by atoms with E-state index >= 15 is 0 Å². The van der Waals surface area contributed by atoms with Gasteiger partial charge in [0.15, 0.2) is 0 Å². The van der Waals surface area contributed by atoms with Crippen molar-refractivity contribution < 1.29 is 4.74 Å². The molecule has 0 amide bonds. The van der Waals surface area contributed by atoms with Gasteiger partial charge in [-0.2, -0.15) is 0 Å². The van der Waals surface area contributed by atoms with E-state index in [0.29, 0.717) is 12.1 Å². The highest BCUT2D eigenvalue weighted by atomic mass is 16.5. The summed E-state index contributed by atoms with van der Waals surface area (Å²) >= 11 is 0. The average molecular weight is 253 g/mol. The highest BCUT2D eigenvalue weighted by molar-refractivity contribution is 4.87. The van der Waals surface area contributed by atoms with Crippen LogP contribution in [0.5, 0.6) is 0 Å². The number of likely N-dealkylation sites (N-methyl/N-ethyl adjacent to an activating group) is 1. The maximum absolute atomic E-state index is 6.32. The third kappa shape index (κ3) is 3.71. The van der Waals surface area contributed by atoms with E-state index in [-0.39, 0.29) is 0 Å². The predicted octanol–water partition coefficient (Wildman–Crippen LogP) is 3.46. The van der Waals surface area contributed by atoms with Crippen LogP contribution in [0.4, 0.5) is 0 Å². The fourth-order valence-electron chi connectivity index (χ4n) is 3.49. The largest absolute Gasteiger partial charge is 0.376 e. The SMILES string of the molecule is CNC(COC1CC(C)CCC1C(C)C)C1CC1. The molecule has 106 valence electrons. The lowest BCUT2D eigenvalue weighted by molar-refractivity contribution is -0.0470. The van der Waals surface area contributed by atoms with Crippen LogP contribution in [0.1, 0.15) is 52.9 Å². The zero-order valence-corrected chi connectivity index (χ0v) is 12.6. The van der Waals surface area contributed by atoms with Crippen molar-refractivity contribution in [2.24, 2.45) is 23.7 Å². The van der Waals surface area contributed by atoms with Gasteiger partial charge in [0.1, 0.15) is 0 Å². The van der Waals surface area contributed by atoms with Crippen molar-refractivity contribution in [2.75, 3.05) is 13.7 Å². The van der Waals surface area contributed by atoms with Crippen LogP contribution in [-0.4, -0.2) is 25.8 Å². The molecule has 18 heavy (non-hydrogen) atoms. The Bertz CT molecular complexity index is 249. The number of hydrogen-bond donors (Lipinski definition) is 1. The van der Waals surface area contributed by atoms with E-state index in [4.69, 9.17) is 4.74 Å². The van der Waals surface area contributed by atoms with E-state index in [2.05, 4.69) is 33.1 Å². The summed E-state index contributed by atoms with van der Waals surface area (Å²) in [6.07, 6.45) is 7.30. The van der Waals surface area contributed by atoms with Gasteiger partial charge in [0.25, 0.3) is 0 Å². The lowest BCUT2D eigenvalue weighted by atomic mass is 9.75. The number of rotatable bonds is 6. The molecule has 0 aromatic carbocycles. The van der Waals surface area contributed by atoms with Crippen LogP contribution in [0.15, 0.2) is 0 Å². The van der Waals surface area contributed by atoms with Gasteiger partial charge in [-0.25, -0.2) is 0 Å². The Kier molecular flexibility index (Phi) is 5.08. The minimum absolute atomic E-state index is 0.503. The number of nitrogens with one attached hydrogen (secondary N) is 1. The highest BCUT2D eigenvalue weighted by Gasteiger charge is 2.34. The molecule has 0 radical (unpaired) electrons. The lowest BCUT2D eigenvalue weighted by Gasteiger charge is -2.37. The Balaban J connectivity index is 1.83. The second kappa shape index (κ2) is 6.38. The quantitative estimate of drug-likeness (QED) is 0.782. The first-order valence-electron chi connectivity index (χ1n) is 7.90. The van der Waals surface area contributed by atoms with E-state index in [1.165, 1.54) is 32.1 Å². The molecule has 2 heteroatoms. The van der Waals surface area contributed by atoms with Crippen LogP contribution in [0.25, 0.3) is 0 Å². The van der Waals surface area contributed by atoms with Gasteiger partial charge < -0.3 is 10.1 Å². The molecule has 0 spiro atoms. The van der Waals surface area contributed by atoms with E-state index in [9.17, 15) is 0 Å². The Morgan fingerprint density at radius 2 is 1.89 bits per heavy atom. The van der Waals surface area contributed by atoms with Crippen LogP contribution < -0.4 is 5.32 Å². The molecule has 0 heterocycles. The molecule has 0 bridgehead atoms. The van der Waals surface area contributed by atoms with Gasteiger partial charge in [0.05, 0.1) is 12.7 Å². The van der Waals surface area contributed by atoms with Gasteiger partial charge in [-0.3, -0.25) is 0 Å². The molecule has 0 aromatic heterocycles. The summed E-state index contributed by atoms with van der Waals surface area (Å²) in [5, 5.41) is 3.43. The van der Waals surface area contributed by atoms with E-state index < -0.39 is 0 Å². The van der Waals surface area contributed by atoms with Gasteiger partial charge in [0.2, 0.25) is 0 Å². The molecule has 0 saturated heterocycles. The fourth-order valence-corrected chi connectivity index (χ4v) is 3.49. The van der Waals surface area contributed by atoms with Crippen molar-refractivity contribution in [3.05, 3.63) is 0 Å². The Hall–Kier alpha value is -0.0800. The molecular weight excluding hydrogens is 222 g/mol. The van der Waals surface area contributed by atoms with Crippen molar-refractivity contribution in [1.82, 2.24) is 5.32 Å². The average Bonchev–Trinajstić information content (AvgIpc) is 3.14. The smallest absolute Gasteiger partial charge is 0.0626 e. The van der Waals surface area contributed by atoms with Crippen LogP contribution in [0.2, 0.25) is 0 Å². The number of hydrogen-bond acceptors (Lipinski definition) is 2. The molecule has 2 aliphatic carbocycles. The molecule has 0 aromatic rings. The minimum atomic E-state index is 0.503. The summed E-state index contributed by atoms with van der Waals surface area (Å²) < 4.78 is 6.32. The summed E-state index contributed by atoms with van der Waals surface area (Å²) in [6, 6.07) is 0.593. The van der Waals surface area contributed by atoms with Gasteiger partial charge in [0, 0.05) is 6.04 Å². The molecule has 2 fully saturated rings. The first kappa shape index (κ1) is 14.3.